The number of benzene rings is 4. The summed E-state index contributed by atoms with van der Waals surface area (Å²) in [6.45, 7) is 3.78. The molecule has 0 spiro atoms. The van der Waals surface area contributed by atoms with Gasteiger partial charge in [0.1, 0.15) is 16.4 Å². The molecule has 0 heterocycles. The molecule has 0 bridgehead atoms. The lowest BCUT2D eigenvalue weighted by atomic mass is 9.78. The highest BCUT2D eigenvalue weighted by Gasteiger charge is 2.30. The minimum Gasteiger partial charge on any atom is -0.456 e. The summed E-state index contributed by atoms with van der Waals surface area (Å²) in [7, 11) is -13.2. The SMILES string of the molecule is CC(C)(c1ccccc1)c1ccc(Oc2ccc(S(=O)(=O)c3ccccc3)cc2)c(S(=O)(=O)CS(=O)(=O)O)c1. The van der Waals surface area contributed by atoms with Gasteiger partial charge in [0.25, 0.3) is 10.1 Å². The van der Waals surface area contributed by atoms with Crippen molar-refractivity contribution in [1.82, 2.24) is 0 Å². The molecule has 0 aliphatic rings. The van der Waals surface area contributed by atoms with E-state index in [-0.39, 0.29) is 21.3 Å². The van der Waals surface area contributed by atoms with Crippen LogP contribution in [-0.2, 0) is 35.2 Å². The Balaban J connectivity index is 1.75. The second kappa shape index (κ2) is 10.6. The molecule has 0 saturated carbocycles. The number of rotatable bonds is 9. The zero-order valence-corrected chi connectivity index (χ0v) is 23.5. The summed E-state index contributed by atoms with van der Waals surface area (Å²) < 4.78 is 90.1. The van der Waals surface area contributed by atoms with Gasteiger partial charge in [0.2, 0.25) is 9.84 Å². The molecule has 4 aromatic carbocycles. The van der Waals surface area contributed by atoms with Crippen molar-refractivity contribution >= 4 is 29.8 Å². The maximum atomic E-state index is 13.1. The van der Waals surface area contributed by atoms with Crippen LogP contribution in [0.2, 0.25) is 0 Å². The highest BCUT2D eigenvalue weighted by atomic mass is 32.3. The van der Waals surface area contributed by atoms with Crippen LogP contribution < -0.4 is 4.74 Å². The Hall–Kier alpha value is -3.51. The van der Waals surface area contributed by atoms with Crippen LogP contribution in [0.4, 0.5) is 0 Å². The quantitative estimate of drug-likeness (QED) is 0.263. The molecular weight excluding hydrogens is 561 g/mol. The number of ether oxygens (including phenoxy) is 1. The number of hydrogen-bond acceptors (Lipinski definition) is 7. The van der Waals surface area contributed by atoms with Gasteiger partial charge in [0.05, 0.1) is 9.79 Å². The Morgan fingerprint density at radius 2 is 1.21 bits per heavy atom. The summed E-state index contributed by atoms with van der Waals surface area (Å²) in [5.41, 5.74) is 0.807. The van der Waals surface area contributed by atoms with Gasteiger partial charge in [-0.15, -0.1) is 0 Å². The predicted molar refractivity (Wildman–Crippen MR) is 147 cm³/mol. The lowest BCUT2D eigenvalue weighted by Gasteiger charge is -2.27. The van der Waals surface area contributed by atoms with Crippen molar-refractivity contribution in [3.8, 4) is 11.5 Å². The van der Waals surface area contributed by atoms with E-state index < -0.39 is 45.2 Å². The van der Waals surface area contributed by atoms with Crippen LogP contribution in [-0.4, -0.2) is 34.9 Å². The Kier molecular flexibility index (Phi) is 7.72. The van der Waals surface area contributed by atoms with Crippen LogP contribution in [0.5, 0.6) is 11.5 Å². The van der Waals surface area contributed by atoms with E-state index in [1.165, 1.54) is 48.5 Å². The molecule has 0 atom stereocenters. The van der Waals surface area contributed by atoms with Crippen molar-refractivity contribution in [2.75, 3.05) is 5.08 Å². The molecule has 4 rings (SSSR count). The molecule has 0 amide bonds. The number of sulfone groups is 2. The van der Waals surface area contributed by atoms with Crippen LogP contribution in [0.15, 0.2) is 118 Å². The topological polar surface area (TPSA) is 132 Å². The maximum Gasteiger partial charge on any atom is 0.279 e. The van der Waals surface area contributed by atoms with Crippen LogP contribution in [0.3, 0.4) is 0 Å². The minimum absolute atomic E-state index is 0.0141. The zero-order valence-electron chi connectivity index (χ0n) is 21.1. The molecule has 204 valence electrons. The summed E-state index contributed by atoms with van der Waals surface area (Å²) in [6, 6.07) is 27.0. The van der Waals surface area contributed by atoms with Crippen LogP contribution in [0, 0.1) is 0 Å². The van der Waals surface area contributed by atoms with E-state index >= 15 is 0 Å². The summed E-state index contributed by atoms with van der Waals surface area (Å²) in [4.78, 5) is -0.295. The van der Waals surface area contributed by atoms with Gasteiger partial charge in [-0.2, -0.15) is 8.42 Å². The van der Waals surface area contributed by atoms with Gasteiger partial charge >= 0.3 is 0 Å². The Labute approximate surface area is 228 Å². The summed E-state index contributed by atoms with van der Waals surface area (Å²) in [5, 5.41) is -1.53. The third-order valence-electron chi connectivity index (χ3n) is 6.22. The molecule has 4 aromatic rings. The van der Waals surface area contributed by atoms with Crippen molar-refractivity contribution < 1.29 is 34.5 Å². The minimum atomic E-state index is -4.88. The van der Waals surface area contributed by atoms with Gasteiger partial charge in [0, 0.05) is 5.41 Å². The highest BCUT2D eigenvalue weighted by molar-refractivity contribution is 8.05. The second-order valence-electron chi connectivity index (χ2n) is 9.36. The first-order valence-electron chi connectivity index (χ1n) is 11.7. The van der Waals surface area contributed by atoms with E-state index in [0.29, 0.717) is 5.56 Å². The van der Waals surface area contributed by atoms with Crippen molar-refractivity contribution in [3.05, 3.63) is 114 Å². The standard InChI is InChI=1S/C28H26O8S3/c1-28(2,21-9-5-3-6-10-21)22-13-18-26(27(19-22)37(29,30)20-38(31,32)33)36-23-14-16-25(17-15-23)39(34,35)24-11-7-4-8-12-24/h3-19H,20H2,1-2H3,(H,31,32,33). The van der Waals surface area contributed by atoms with Gasteiger partial charge in [-0.3, -0.25) is 4.55 Å². The van der Waals surface area contributed by atoms with Crippen molar-refractivity contribution in [2.24, 2.45) is 0 Å². The summed E-state index contributed by atoms with van der Waals surface area (Å²) in [6.07, 6.45) is 0. The molecule has 1 N–H and O–H groups in total. The van der Waals surface area contributed by atoms with Gasteiger partial charge in [-0.05, 0) is 59.7 Å². The van der Waals surface area contributed by atoms with Gasteiger partial charge in [0.15, 0.2) is 14.9 Å². The Morgan fingerprint density at radius 3 is 1.77 bits per heavy atom. The molecule has 0 fully saturated rings. The van der Waals surface area contributed by atoms with Gasteiger partial charge in [-0.1, -0.05) is 68.4 Å². The van der Waals surface area contributed by atoms with Gasteiger partial charge < -0.3 is 4.74 Å². The van der Waals surface area contributed by atoms with E-state index in [1.54, 1.807) is 24.3 Å². The lowest BCUT2D eigenvalue weighted by molar-refractivity contribution is 0.465. The fourth-order valence-corrected chi connectivity index (χ4v) is 8.14. The lowest BCUT2D eigenvalue weighted by Crippen LogP contribution is -2.21. The van der Waals surface area contributed by atoms with E-state index in [2.05, 4.69) is 0 Å². The van der Waals surface area contributed by atoms with Crippen LogP contribution >= 0.6 is 0 Å². The third-order valence-corrected chi connectivity index (χ3v) is 11.4. The smallest absolute Gasteiger partial charge is 0.279 e. The van der Waals surface area contributed by atoms with Crippen LogP contribution in [0.1, 0.15) is 25.0 Å². The van der Waals surface area contributed by atoms with E-state index in [1.807, 2.05) is 44.2 Å². The molecule has 0 aromatic heterocycles. The predicted octanol–water partition coefficient (Wildman–Crippen LogP) is 5.26. The average molecular weight is 587 g/mol. The normalized spacial score (nSPS) is 12.7. The highest BCUT2D eigenvalue weighted by Crippen LogP contribution is 2.38. The summed E-state index contributed by atoms with van der Waals surface area (Å²) in [5.74, 6) is -0.0506. The van der Waals surface area contributed by atoms with E-state index in [0.717, 1.165) is 5.56 Å². The van der Waals surface area contributed by atoms with E-state index in [4.69, 9.17) is 4.74 Å². The molecule has 11 heteroatoms. The monoisotopic (exact) mass is 586 g/mol. The fourth-order valence-electron chi connectivity index (χ4n) is 4.05. The Morgan fingerprint density at radius 1 is 0.667 bits per heavy atom. The van der Waals surface area contributed by atoms with Crippen LogP contribution in [0.25, 0.3) is 0 Å². The largest absolute Gasteiger partial charge is 0.456 e. The van der Waals surface area contributed by atoms with Crippen molar-refractivity contribution in [1.29, 1.82) is 0 Å². The molecule has 39 heavy (non-hydrogen) atoms. The van der Waals surface area contributed by atoms with Gasteiger partial charge in [-0.25, -0.2) is 16.8 Å². The fraction of sp³-hybridized carbons (Fsp3) is 0.143. The van der Waals surface area contributed by atoms with Crippen molar-refractivity contribution in [3.63, 3.8) is 0 Å². The Bertz CT molecular complexity index is 1800. The zero-order chi connectivity index (χ0) is 28.5. The third kappa shape index (κ3) is 6.39. The first-order valence-corrected chi connectivity index (χ1v) is 16.4. The molecule has 0 aliphatic carbocycles. The molecule has 8 nitrogen and oxygen atoms in total. The molecule has 0 saturated heterocycles. The van der Waals surface area contributed by atoms with Crippen molar-refractivity contribution in [2.45, 2.75) is 33.9 Å². The maximum absolute atomic E-state index is 13.1. The first kappa shape index (κ1) is 28.5. The molecule has 0 radical (unpaired) electrons. The van der Waals surface area contributed by atoms with E-state index in [9.17, 15) is 29.8 Å². The first-order chi connectivity index (χ1) is 18.2. The average Bonchev–Trinajstić information content (AvgIpc) is 2.89. The molecule has 0 aliphatic heterocycles. The molecular formula is C28H26O8S3. The molecule has 0 unspecified atom stereocenters. The number of hydrogen-bond donors (Lipinski definition) is 1. The second-order valence-corrected chi connectivity index (χ2v) is 15.1. The summed E-state index contributed by atoms with van der Waals surface area (Å²) >= 11 is 0.